The third-order valence-electron chi connectivity index (χ3n) is 2.57. The summed E-state index contributed by atoms with van der Waals surface area (Å²) in [5.41, 5.74) is 7.22. The maximum absolute atomic E-state index is 8.95. The van der Waals surface area contributed by atoms with Crippen molar-refractivity contribution in [2.24, 2.45) is 0 Å². The van der Waals surface area contributed by atoms with E-state index in [0.717, 1.165) is 10.6 Å². The fraction of sp³-hybridized carbons (Fsp3) is 0.273. The second-order valence-electron chi connectivity index (χ2n) is 3.72. The molecule has 0 bridgehead atoms. The second-order valence-corrected chi connectivity index (χ2v) is 4.74. The third-order valence-corrected chi connectivity index (χ3v) is 3.59. The van der Waals surface area contributed by atoms with Gasteiger partial charge in [0.25, 0.3) is 0 Å². The van der Waals surface area contributed by atoms with E-state index in [2.05, 4.69) is 21.6 Å². The highest BCUT2D eigenvalue weighted by atomic mass is 32.1. The first-order valence-electron chi connectivity index (χ1n) is 5.29. The molecule has 2 rings (SSSR count). The van der Waals surface area contributed by atoms with Gasteiger partial charge in [-0.15, -0.1) is 11.3 Å². The Labute approximate surface area is 108 Å². The highest BCUT2D eigenvalue weighted by Gasteiger charge is 2.18. The van der Waals surface area contributed by atoms with Gasteiger partial charge in [-0.1, -0.05) is 0 Å². The van der Waals surface area contributed by atoms with Crippen LogP contribution in [0, 0.1) is 11.3 Å². The highest BCUT2D eigenvalue weighted by Crippen LogP contribution is 2.43. The van der Waals surface area contributed by atoms with E-state index < -0.39 is 0 Å². The third kappa shape index (κ3) is 2.10. The summed E-state index contributed by atoms with van der Waals surface area (Å²) in [7, 11) is 1.53. The van der Waals surface area contributed by atoms with Gasteiger partial charge in [-0.2, -0.15) is 10.4 Å². The zero-order valence-corrected chi connectivity index (χ0v) is 10.8. The molecule has 94 valence electrons. The maximum atomic E-state index is 8.95. The van der Waals surface area contributed by atoms with Gasteiger partial charge in [0.05, 0.1) is 19.3 Å². The van der Waals surface area contributed by atoms with Crippen LogP contribution in [0.25, 0.3) is 0 Å². The molecule has 18 heavy (non-hydrogen) atoms. The Morgan fingerprint density at radius 3 is 3.00 bits per heavy atom. The first kappa shape index (κ1) is 12.3. The molecule has 1 unspecified atom stereocenters. The molecule has 0 aliphatic rings. The molecule has 6 nitrogen and oxygen atoms in total. The summed E-state index contributed by atoms with van der Waals surface area (Å²) in [5, 5.41) is 19.6. The van der Waals surface area contributed by atoms with Crippen LogP contribution in [-0.4, -0.2) is 17.3 Å². The van der Waals surface area contributed by atoms with Crippen molar-refractivity contribution in [1.29, 1.82) is 5.26 Å². The number of aromatic nitrogens is 2. The Bertz CT molecular complexity index is 569. The summed E-state index contributed by atoms with van der Waals surface area (Å²) in [6, 6.07) is 2.10. The molecule has 4 N–H and O–H groups in total. The molecule has 7 heteroatoms. The molecule has 0 fully saturated rings. The Morgan fingerprint density at radius 2 is 2.44 bits per heavy atom. The van der Waals surface area contributed by atoms with E-state index in [-0.39, 0.29) is 6.04 Å². The summed E-state index contributed by atoms with van der Waals surface area (Å²) < 4.78 is 5.23. The lowest BCUT2D eigenvalue weighted by Crippen LogP contribution is -2.05. The minimum atomic E-state index is 0.0437. The van der Waals surface area contributed by atoms with Crippen LogP contribution in [0.3, 0.4) is 0 Å². The van der Waals surface area contributed by atoms with E-state index in [1.54, 1.807) is 6.20 Å². The van der Waals surface area contributed by atoms with Crippen LogP contribution in [0.5, 0.6) is 5.75 Å². The number of hydrogen-bond acceptors (Lipinski definition) is 6. The van der Waals surface area contributed by atoms with Crippen LogP contribution in [-0.2, 0) is 0 Å². The average Bonchev–Trinajstić information content (AvgIpc) is 2.97. The molecular formula is C11H13N5OS. The fourth-order valence-electron chi connectivity index (χ4n) is 1.59. The molecule has 0 saturated heterocycles. The zero-order valence-electron chi connectivity index (χ0n) is 10.0. The van der Waals surface area contributed by atoms with Crippen molar-refractivity contribution in [3.05, 3.63) is 22.8 Å². The molecule has 0 saturated carbocycles. The number of nitrogens with one attached hydrogen (secondary N) is 2. The van der Waals surface area contributed by atoms with E-state index in [9.17, 15) is 0 Å². The van der Waals surface area contributed by atoms with Gasteiger partial charge in [-0.05, 0) is 6.92 Å². The number of nitrogens with zero attached hydrogens (tertiary/aromatic N) is 2. The molecule has 0 spiro atoms. The summed E-state index contributed by atoms with van der Waals surface area (Å²) in [6.07, 6.45) is 3.55. The van der Waals surface area contributed by atoms with Gasteiger partial charge in [-0.25, -0.2) is 0 Å². The van der Waals surface area contributed by atoms with E-state index in [4.69, 9.17) is 15.7 Å². The summed E-state index contributed by atoms with van der Waals surface area (Å²) in [5.74, 6) is 0.520. The van der Waals surface area contributed by atoms with Gasteiger partial charge in [0, 0.05) is 11.8 Å². The predicted molar refractivity (Wildman–Crippen MR) is 70.6 cm³/mol. The SMILES string of the molecule is COc1c(NC(C)c2cn[nH]c2)sc(C#N)c1N. The first-order valence-corrected chi connectivity index (χ1v) is 6.10. The number of hydrogen-bond donors (Lipinski definition) is 3. The number of thiophene rings is 1. The zero-order chi connectivity index (χ0) is 13.1. The minimum absolute atomic E-state index is 0.0437. The molecule has 1 atom stereocenters. The van der Waals surface area contributed by atoms with Gasteiger partial charge >= 0.3 is 0 Å². The number of nitriles is 1. The van der Waals surface area contributed by atoms with Gasteiger partial charge in [0.15, 0.2) is 5.75 Å². The minimum Gasteiger partial charge on any atom is -0.492 e. The van der Waals surface area contributed by atoms with Crippen molar-refractivity contribution in [2.45, 2.75) is 13.0 Å². The number of H-pyrrole nitrogens is 1. The maximum Gasteiger partial charge on any atom is 0.177 e. The number of rotatable bonds is 4. The van der Waals surface area contributed by atoms with Crippen LogP contribution in [0.4, 0.5) is 10.7 Å². The quantitative estimate of drug-likeness (QED) is 0.784. The highest BCUT2D eigenvalue weighted by molar-refractivity contribution is 7.17. The molecule has 0 aliphatic carbocycles. The number of anilines is 2. The normalized spacial score (nSPS) is 11.8. The molecule has 2 heterocycles. The lowest BCUT2D eigenvalue weighted by Gasteiger charge is -2.13. The number of aromatic amines is 1. The molecule has 0 aromatic carbocycles. The van der Waals surface area contributed by atoms with Crippen LogP contribution in [0.15, 0.2) is 12.4 Å². The Morgan fingerprint density at radius 1 is 1.67 bits per heavy atom. The van der Waals surface area contributed by atoms with Crippen molar-refractivity contribution in [1.82, 2.24) is 10.2 Å². The van der Waals surface area contributed by atoms with Crippen LogP contribution in [0.1, 0.15) is 23.4 Å². The topological polar surface area (TPSA) is 99.7 Å². The van der Waals surface area contributed by atoms with E-state index >= 15 is 0 Å². The smallest absolute Gasteiger partial charge is 0.177 e. The van der Waals surface area contributed by atoms with Crippen LogP contribution >= 0.6 is 11.3 Å². The molecule has 0 radical (unpaired) electrons. The standard InChI is InChI=1S/C11H13N5OS/c1-6(7-4-14-15-5-7)16-11-10(17-2)9(13)8(3-12)18-11/h4-6,16H,13H2,1-2H3,(H,14,15). The second kappa shape index (κ2) is 4.98. The summed E-state index contributed by atoms with van der Waals surface area (Å²) in [4.78, 5) is 0.453. The van der Waals surface area contributed by atoms with Crippen molar-refractivity contribution in [3.63, 3.8) is 0 Å². The Balaban J connectivity index is 2.27. The average molecular weight is 263 g/mol. The van der Waals surface area contributed by atoms with Crippen LogP contribution in [0.2, 0.25) is 0 Å². The van der Waals surface area contributed by atoms with E-state index in [1.165, 1.54) is 18.4 Å². The monoisotopic (exact) mass is 263 g/mol. The van der Waals surface area contributed by atoms with Crippen molar-refractivity contribution >= 4 is 22.0 Å². The predicted octanol–water partition coefficient (Wildman–Crippen LogP) is 2.11. The molecule has 0 aliphatic heterocycles. The lowest BCUT2D eigenvalue weighted by atomic mass is 10.2. The molecule has 2 aromatic rings. The van der Waals surface area contributed by atoms with Gasteiger partial charge in [0.1, 0.15) is 21.6 Å². The molecular weight excluding hydrogens is 250 g/mol. The first-order chi connectivity index (χ1) is 8.67. The van der Waals surface area contributed by atoms with Crippen LogP contribution < -0.4 is 15.8 Å². The van der Waals surface area contributed by atoms with Gasteiger partial charge in [0.2, 0.25) is 0 Å². The number of ether oxygens (including phenoxy) is 1. The Hall–Kier alpha value is -2.20. The van der Waals surface area contributed by atoms with Crippen molar-refractivity contribution < 1.29 is 4.74 Å². The molecule has 0 amide bonds. The van der Waals surface area contributed by atoms with E-state index in [0.29, 0.717) is 16.3 Å². The number of nitrogen functional groups attached to an aromatic ring is 1. The summed E-state index contributed by atoms with van der Waals surface area (Å²) in [6.45, 7) is 1.99. The largest absolute Gasteiger partial charge is 0.492 e. The number of nitrogens with two attached hydrogens (primary N) is 1. The lowest BCUT2D eigenvalue weighted by molar-refractivity contribution is 0.420. The van der Waals surface area contributed by atoms with Crippen molar-refractivity contribution in [2.75, 3.05) is 18.2 Å². The fourth-order valence-corrected chi connectivity index (χ4v) is 2.56. The van der Waals surface area contributed by atoms with E-state index in [1.807, 2.05) is 13.1 Å². The van der Waals surface area contributed by atoms with Crippen molar-refractivity contribution in [3.8, 4) is 11.8 Å². The number of methoxy groups -OCH3 is 1. The Kier molecular flexibility index (Phi) is 3.39. The summed E-state index contributed by atoms with van der Waals surface area (Å²) >= 11 is 1.28. The molecule has 2 aromatic heterocycles. The van der Waals surface area contributed by atoms with Gasteiger partial charge in [-0.3, -0.25) is 5.10 Å². The van der Waals surface area contributed by atoms with Gasteiger partial charge < -0.3 is 15.8 Å².